The topological polar surface area (TPSA) is 56.5 Å². The zero-order valence-corrected chi connectivity index (χ0v) is 16.3. The second kappa shape index (κ2) is 7.83. The van der Waals surface area contributed by atoms with Gasteiger partial charge in [0.1, 0.15) is 5.76 Å². The molecular formula is C20H21BrO4. The first-order valence-corrected chi connectivity index (χ1v) is 8.75. The Bertz CT molecular complexity index is 779. The van der Waals surface area contributed by atoms with Crippen LogP contribution in [0, 0.1) is 0 Å². The lowest BCUT2D eigenvalue weighted by molar-refractivity contribution is -0.140. The van der Waals surface area contributed by atoms with Gasteiger partial charge >= 0.3 is 5.97 Å². The molecule has 2 rings (SSSR count). The monoisotopic (exact) mass is 404 g/mol. The van der Waals surface area contributed by atoms with Gasteiger partial charge in [0.05, 0.1) is 0 Å². The lowest BCUT2D eigenvalue weighted by Gasteiger charge is -2.19. The molecule has 0 aliphatic heterocycles. The number of carbonyl (C=O) groups is 2. The van der Waals surface area contributed by atoms with Crippen LogP contribution in [0.1, 0.15) is 49.4 Å². The lowest BCUT2D eigenvalue weighted by Crippen LogP contribution is -2.23. The molecule has 1 aromatic carbocycles. The number of benzene rings is 1. The minimum Gasteiger partial charge on any atom is -0.451 e. The van der Waals surface area contributed by atoms with Gasteiger partial charge in [-0.15, -0.1) is 0 Å². The molecule has 0 saturated carbocycles. The Morgan fingerprint density at radius 2 is 1.76 bits per heavy atom. The number of Topliss-reactive ketones (excluding diaryl/α,β-unsaturated/α-hetero) is 1. The summed E-state index contributed by atoms with van der Waals surface area (Å²) in [6, 6.07) is 10.8. The molecule has 5 heteroatoms. The van der Waals surface area contributed by atoms with Crippen molar-refractivity contribution in [2.75, 3.05) is 0 Å². The van der Waals surface area contributed by atoms with Crippen LogP contribution in [0.5, 0.6) is 0 Å². The molecule has 2 aromatic rings. The van der Waals surface area contributed by atoms with Crippen LogP contribution in [0.2, 0.25) is 0 Å². The van der Waals surface area contributed by atoms with E-state index in [1.54, 1.807) is 31.2 Å². The first-order chi connectivity index (χ1) is 11.7. The summed E-state index contributed by atoms with van der Waals surface area (Å²) in [5.74, 6) is -0.316. The molecule has 0 saturated heterocycles. The van der Waals surface area contributed by atoms with E-state index in [4.69, 9.17) is 9.15 Å². The smallest absolute Gasteiger partial charge is 0.331 e. The van der Waals surface area contributed by atoms with Crippen molar-refractivity contribution in [2.24, 2.45) is 0 Å². The number of rotatable bonds is 5. The summed E-state index contributed by atoms with van der Waals surface area (Å²) in [5, 5.41) is 0. The van der Waals surface area contributed by atoms with Crippen LogP contribution in [-0.4, -0.2) is 17.9 Å². The first kappa shape index (κ1) is 19.2. The van der Waals surface area contributed by atoms with Gasteiger partial charge in [-0.05, 0) is 52.0 Å². The third-order valence-electron chi connectivity index (χ3n) is 3.68. The maximum Gasteiger partial charge on any atom is 0.331 e. The van der Waals surface area contributed by atoms with Crippen molar-refractivity contribution in [2.45, 2.75) is 39.2 Å². The molecule has 0 bridgehead atoms. The van der Waals surface area contributed by atoms with Crippen molar-refractivity contribution in [3.8, 4) is 0 Å². The molecule has 4 nitrogen and oxygen atoms in total. The average molecular weight is 405 g/mol. The summed E-state index contributed by atoms with van der Waals surface area (Å²) in [5.41, 5.74) is 1.68. The van der Waals surface area contributed by atoms with Gasteiger partial charge in [0, 0.05) is 11.6 Å². The Kier molecular flexibility index (Phi) is 6.01. The highest BCUT2D eigenvalue weighted by atomic mass is 79.9. The molecule has 0 spiro atoms. The molecule has 25 heavy (non-hydrogen) atoms. The molecule has 1 heterocycles. The van der Waals surface area contributed by atoms with Gasteiger partial charge < -0.3 is 9.15 Å². The number of furan rings is 1. The fraction of sp³-hybridized carbons (Fsp3) is 0.300. The second-order valence-electron chi connectivity index (χ2n) is 6.75. The van der Waals surface area contributed by atoms with Gasteiger partial charge in [0.2, 0.25) is 5.78 Å². The van der Waals surface area contributed by atoms with Gasteiger partial charge in [-0.1, -0.05) is 45.0 Å². The largest absolute Gasteiger partial charge is 0.451 e. The molecule has 0 aliphatic rings. The minimum absolute atomic E-state index is 0.0191. The first-order valence-electron chi connectivity index (χ1n) is 7.95. The van der Waals surface area contributed by atoms with Crippen LogP contribution in [0.4, 0.5) is 0 Å². The van der Waals surface area contributed by atoms with E-state index in [0.29, 0.717) is 16.0 Å². The van der Waals surface area contributed by atoms with Gasteiger partial charge in [0.15, 0.2) is 10.8 Å². The Morgan fingerprint density at radius 1 is 1.12 bits per heavy atom. The molecule has 0 amide bonds. The lowest BCUT2D eigenvalue weighted by atomic mass is 9.86. The van der Waals surface area contributed by atoms with E-state index in [1.165, 1.54) is 12.2 Å². The summed E-state index contributed by atoms with van der Waals surface area (Å²) in [6.45, 7) is 7.89. The van der Waals surface area contributed by atoms with Crippen LogP contribution in [0.3, 0.4) is 0 Å². The fourth-order valence-corrected chi connectivity index (χ4v) is 2.52. The highest BCUT2D eigenvalue weighted by Gasteiger charge is 2.20. The summed E-state index contributed by atoms with van der Waals surface area (Å²) in [7, 11) is 0. The molecule has 1 aromatic heterocycles. The van der Waals surface area contributed by atoms with Gasteiger partial charge in [-0.25, -0.2) is 4.79 Å². The normalized spacial score (nSPS) is 13.0. The molecule has 1 atom stereocenters. The van der Waals surface area contributed by atoms with Crippen molar-refractivity contribution in [1.29, 1.82) is 0 Å². The third kappa shape index (κ3) is 5.43. The maximum atomic E-state index is 12.4. The highest BCUT2D eigenvalue weighted by molar-refractivity contribution is 9.10. The van der Waals surface area contributed by atoms with E-state index in [0.717, 1.165) is 5.56 Å². The molecule has 0 radical (unpaired) electrons. The van der Waals surface area contributed by atoms with Crippen molar-refractivity contribution >= 4 is 33.8 Å². The molecule has 0 N–H and O–H groups in total. The Labute approximate surface area is 156 Å². The molecule has 0 aliphatic carbocycles. The standard InChI is InChI=1S/C20H21BrO4/c1-13(24-18(22)12-10-16-9-11-17(21)25-16)19(23)14-5-7-15(8-6-14)20(2,3)4/h5-13H,1-4H3/b12-10+/t13-/m0/s1. The summed E-state index contributed by atoms with van der Waals surface area (Å²) >= 11 is 3.18. The van der Waals surface area contributed by atoms with E-state index in [9.17, 15) is 9.59 Å². The number of hydrogen-bond donors (Lipinski definition) is 0. The SMILES string of the molecule is C[C@H](OC(=O)/C=C/c1ccc(Br)o1)C(=O)c1ccc(C(C)(C)C)cc1. The van der Waals surface area contributed by atoms with E-state index in [-0.39, 0.29) is 11.2 Å². The van der Waals surface area contributed by atoms with Gasteiger partial charge in [0.25, 0.3) is 0 Å². The number of ketones is 1. The van der Waals surface area contributed by atoms with Crippen LogP contribution in [-0.2, 0) is 14.9 Å². The van der Waals surface area contributed by atoms with Crippen molar-refractivity contribution in [1.82, 2.24) is 0 Å². The Balaban J connectivity index is 1.97. The van der Waals surface area contributed by atoms with E-state index >= 15 is 0 Å². The van der Waals surface area contributed by atoms with Crippen molar-refractivity contribution in [3.05, 3.63) is 64.0 Å². The maximum absolute atomic E-state index is 12.4. The molecular weight excluding hydrogens is 384 g/mol. The third-order valence-corrected chi connectivity index (χ3v) is 4.10. The van der Waals surface area contributed by atoms with E-state index in [1.807, 2.05) is 12.1 Å². The van der Waals surface area contributed by atoms with Crippen molar-refractivity contribution in [3.63, 3.8) is 0 Å². The number of ether oxygens (including phenoxy) is 1. The minimum atomic E-state index is -0.860. The zero-order chi connectivity index (χ0) is 18.6. The Hall–Kier alpha value is -2.14. The van der Waals surface area contributed by atoms with Gasteiger partial charge in [-0.2, -0.15) is 0 Å². The second-order valence-corrected chi connectivity index (χ2v) is 7.53. The molecule has 0 unspecified atom stereocenters. The number of hydrogen-bond acceptors (Lipinski definition) is 4. The van der Waals surface area contributed by atoms with Crippen LogP contribution < -0.4 is 0 Å². The van der Waals surface area contributed by atoms with Crippen LogP contribution in [0.25, 0.3) is 6.08 Å². The Morgan fingerprint density at radius 3 is 2.28 bits per heavy atom. The van der Waals surface area contributed by atoms with Crippen LogP contribution >= 0.6 is 15.9 Å². The van der Waals surface area contributed by atoms with E-state index in [2.05, 4.69) is 36.7 Å². The molecule has 132 valence electrons. The van der Waals surface area contributed by atoms with Gasteiger partial charge in [-0.3, -0.25) is 4.79 Å². The summed E-state index contributed by atoms with van der Waals surface area (Å²) in [4.78, 5) is 24.2. The van der Waals surface area contributed by atoms with Crippen LogP contribution in [0.15, 0.2) is 51.6 Å². The molecule has 0 fully saturated rings. The van der Waals surface area contributed by atoms with Crippen molar-refractivity contribution < 1.29 is 18.7 Å². The fourth-order valence-electron chi connectivity index (χ4n) is 2.20. The average Bonchev–Trinajstić information content (AvgIpc) is 2.97. The summed E-state index contributed by atoms with van der Waals surface area (Å²) < 4.78 is 11.0. The predicted molar refractivity (Wildman–Crippen MR) is 100 cm³/mol. The zero-order valence-electron chi connectivity index (χ0n) is 14.7. The summed E-state index contributed by atoms with van der Waals surface area (Å²) in [6.07, 6.45) is 1.86. The van der Waals surface area contributed by atoms with E-state index < -0.39 is 12.1 Å². The quantitative estimate of drug-likeness (QED) is 0.391. The number of carbonyl (C=O) groups excluding carboxylic acids is 2. The number of halogens is 1. The predicted octanol–water partition coefficient (Wildman–Crippen LogP) is 5.17. The number of esters is 1. The highest BCUT2D eigenvalue weighted by Crippen LogP contribution is 2.22.